The average Bonchev–Trinajstić information content (AvgIpc) is 2.35. The maximum absolute atomic E-state index is 12.2. The van der Waals surface area contributed by atoms with Crippen molar-refractivity contribution in [3.63, 3.8) is 0 Å². The number of pyridine rings is 1. The Hall–Kier alpha value is -2.24. The van der Waals surface area contributed by atoms with Gasteiger partial charge in [0.1, 0.15) is 5.75 Å². The number of hydrogen-bond donors (Lipinski definition) is 0. The zero-order valence-electron chi connectivity index (χ0n) is 10.6. The summed E-state index contributed by atoms with van der Waals surface area (Å²) in [5, 5.41) is 0.172. The van der Waals surface area contributed by atoms with E-state index in [9.17, 15) is 34.8 Å². The maximum atomic E-state index is 12.2. The molecule has 2 aromatic rings. The number of rotatable bonds is 3. The van der Waals surface area contributed by atoms with Gasteiger partial charge in [-0.05, 0) is 17.5 Å². The van der Waals surface area contributed by atoms with Crippen LogP contribution in [0, 0.1) is 0 Å². The van der Waals surface area contributed by atoms with Gasteiger partial charge in [-0.1, -0.05) is 6.07 Å². The first-order valence-corrected chi connectivity index (χ1v) is 6.94. The van der Waals surface area contributed by atoms with Crippen molar-refractivity contribution in [3.8, 4) is 11.6 Å². The minimum atomic E-state index is -5.89. The van der Waals surface area contributed by atoms with Gasteiger partial charge in [0.15, 0.2) is 0 Å². The Labute approximate surface area is 124 Å². The Morgan fingerprint density at radius 1 is 0.957 bits per heavy atom. The first-order valence-electron chi connectivity index (χ1n) is 5.54. The van der Waals surface area contributed by atoms with Crippen LogP contribution in [0.3, 0.4) is 0 Å². The fourth-order valence-corrected chi connectivity index (χ4v) is 1.91. The summed E-state index contributed by atoms with van der Waals surface area (Å²) < 4.78 is 102. The molecule has 0 bridgehead atoms. The van der Waals surface area contributed by atoms with Gasteiger partial charge in [0.25, 0.3) is 0 Å². The molecule has 0 aliphatic rings. The molecular weight excluding hydrogens is 356 g/mol. The second-order valence-electron chi connectivity index (χ2n) is 4.06. The zero-order valence-corrected chi connectivity index (χ0v) is 11.5. The van der Waals surface area contributed by atoms with Gasteiger partial charge in [0.2, 0.25) is 5.88 Å². The van der Waals surface area contributed by atoms with E-state index in [1.54, 1.807) is 0 Å². The molecule has 126 valence electrons. The second-order valence-corrected chi connectivity index (χ2v) is 5.60. The van der Waals surface area contributed by atoms with Crippen LogP contribution in [0.15, 0.2) is 30.5 Å². The monoisotopic (exact) mass is 361 g/mol. The standard InChI is InChI=1S/C11H5F6NO4S/c12-10(13,14)21-8-2-1-6-4-9(18-5-7(6)3-8)22-23(19,20)11(15,16)17/h1-5H. The van der Waals surface area contributed by atoms with Crippen molar-refractivity contribution >= 4 is 20.9 Å². The van der Waals surface area contributed by atoms with E-state index in [2.05, 4.69) is 13.9 Å². The van der Waals surface area contributed by atoms with Crippen molar-refractivity contribution in [3.05, 3.63) is 30.5 Å². The summed E-state index contributed by atoms with van der Waals surface area (Å²) in [5.41, 5.74) is -5.63. The average molecular weight is 361 g/mol. The van der Waals surface area contributed by atoms with Crippen molar-refractivity contribution in [2.75, 3.05) is 0 Å². The molecule has 1 aromatic heterocycles. The normalized spacial score (nSPS) is 13.1. The van der Waals surface area contributed by atoms with Gasteiger partial charge in [-0.25, -0.2) is 4.98 Å². The molecule has 0 N–H and O–H groups in total. The molecule has 2 rings (SSSR count). The Kier molecular flexibility index (Phi) is 4.05. The molecule has 0 amide bonds. The first kappa shape index (κ1) is 17.1. The molecule has 0 radical (unpaired) electrons. The van der Waals surface area contributed by atoms with Gasteiger partial charge in [-0.3, -0.25) is 0 Å². The smallest absolute Gasteiger partial charge is 0.406 e. The molecule has 0 unspecified atom stereocenters. The van der Waals surface area contributed by atoms with Crippen molar-refractivity contribution in [2.45, 2.75) is 11.9 Å². The summed E-state index contributed by atoms with van der Waals surface area (Å²) in [5.74, 6) is -1.44. The van der Waals surface area contributed by atoms with Crippen molar-refractivity contribution < 1.29 is 43.7 Å². The molecule has 0 fully saturated rings. The highest BCUT2D eigenvalue weighted by Gasteiger charge is 2.48. The molecule has 12 heteroatoms. The van der Waals surface area contributed by atoms with E-state index in [1.165, 1.54) is 0 Å². The molecular formula is C11H5F6NO4S. The number of halogens is 6. The lowest BCUT2D eigenvalue weighted by atomic mass is 10.2. The van der Waals surface area contributed by atoms with Crippen LogP contribution < -0.4 is 8.92 Å². The van der Waals surface area contributed by atoms with Crippen LogP contribution in [0.1, 0.15) is 0 Å². The summed E-state index contributed by atoms with van der Waals surface area (Å²) in [7, 11) is -5.89. The van der Waals surface area contributed by atoms with Crippen LogP contribution in [0.25, 0.3) is 10.8 Å². The number of benzene rings is 1. The van der Waals surface area contributed by atoms with E-state index in [0.717, 1.165) is 30.5 Å². The fraction of sp³-hybridized carbons (Fsp3) is 0.182. The molecule has 0 atom stereocenters. The summed E-state index contributed by atoms with van der Waals surface area (Å²) in [6, 6.07) is 3.73. The van der Waals surface area contributed by atoms with Crippen LogP contribution in [0.4, 0.5) is 26.3 Å². The third-order valence-electron chi connectivity index (χ3n) is 2.38. The number of fused-ring (bicyclic) bond motifs is 1. The number of nitrogens with zero attached hydrogens (tertiary/aromatic N) is 1. The minimum Gasteiger partial charge on any atom is -0.406 e. The van der Waals surface area contributed by atoms with Crippen LogP contribution in [-0.4, -0.2) is 25.3 Å². The molecule has 0 saturated heterocycles. The highest BCUT2D eigenvalue weighted by molar-refractivity contribution is 7.87. The Morgan fingerprint density at radius 2 is 1.61 bits per heavy atom. The minimum absolute atomic E-state index is 0.0727. The van der Waals surface area contributed by atoms with E-state index in [0.29, 0.717) is 0 Å². The van der Waals surface area contributed by atoms with E-state index >= 15 is 0 Å². The zero-order chi connectivity index (χ0) is 17.5. The molecule has 0 aliphatic carbocycles. The highest BCUT2D eigenvalue weighted by Crippen LogP contribution is 2.30. The predicted molar refractivity (Wildman–Crippen MR) is 64.0 cm³/mol. The predicted octanol–water partition coefficient (Wildman–Crippen LogP) is 3.36. The molecule has 0 spiro atoms. The lowest BCUT2D eigenvalue weighted by Gasteiger charge is -2.11. The topological polar surface area (TPSA) is 65.5 Å². The summed E-state index contributed by atoms with van der Waals surface area (Å²) in [4.78, 5) is 3.30. The molecule has 0 aliphatic heterocycles. The van der Waals surface area contributed by atoms with E-state index < -0.39 is 33.6 Å². The number of ether oxygens (including phenoxy) is 1. The Balaban J connectivity index is 2.32. The lowest BCUT2D eigenvalue weighted by Crippen LogP contribution is -2.28. The van der Waals surface area contributed by atoms with Crippen LogP contribution in [0.2, 0.25) is 0 Å². The first-order chi connectivity index (χ1) is 10.4. The maximum Gasteiger partial charge on any atom is 0.573 e. The van der Waals surface area contributed by atoms with Crippen LogP contribution >= 0.6 is 0 Å². The van der Waals surface area contributed by atoms with Crippen molar-refractivity contribution in [1.82, 2.24) is 4.98 Å². The van der Waals surface area contributed by atoms with Crippen LogP contribution in [0.5, 0.6) is 11.6 Å². The van der Waals surface area contributed by atoms with E-state index in [-0.39, 0.29) is 10.8 Å². The van der Waals surface area contributed by atoms with Crippen molar-refractivity contribution in [1.29, 1.82) is 0 Å². The molecule has 5 nitrogen and oxygen atoms in total. The van der Waals surface area contributed by atoms with E-state index in [1.807, 2.05) is 0 Å². The van der Waals surface area contributed by atoms with Gasteiger partial charge in [0.05, 0.1) is 0 Å². The quantitative estimate of drug-likeness (QED) is 0.477. The van der Waals surface area contributed by atoms with Gasteiger partial charge < -0.3 is 8.92 Å². The number of hydrogen-bond acceptors (Lipinski definition) is 5. The summed E-state index contributed by atoms with van der Waals surface area (Å²) in [6.07, 6.45) is -4.06. The Morgan fingerprint density at radius 3 is 2.17 bits per heavy atom. The third kappa shape index (κ3) is 4.15. The summed E-state index contributed by atoms with van der Waals surface area (Å²) in [6.45, 7) is 0. The van der Waals surface area contributed by atoms with Gasteiger partial charge in [0, 0.05) is 17.6 Å². The number of alkyl halides is 6. The fourth-order valence-electron chi connectivity index (χ4n) is 1.50. The number of aromatic nitrogens is 1. The SMILES string of the molecule is O=S(=O)(Oc1cc2ccc(OC(F)(F)F)cc2cn1)C(F)(F)F. The Bertz CT molecular complexity index is 831. The molecule has 23 heavy (non-hydrogen) atoms. The van der Waals surface area contributed by atoms with Gasteiger partial charge >= 0.3 is 22.0 Å². The molecule has 0 saturated carbocycles. The largest absolute Gasteiger partial charge is 0.573 e. The second kappa shape index (κ2) is 5.44. The van der Waals surface area contributed by atoms with Crippen molar-refractivity contribution in [2.24, 2.45) is 0 Å². The lowest BCUT2D eigenvalue weighted by molar-refractivity contribution is -0.274. The molecule has 1 aromatic carbocycles. The third-order valence-corrected chi connectivity index (χ3v) is 3.34. The highest BCUT2D eigenvalue weighted by atomic mass is 32.2. The van der Waals surface area contributed by atoms with E-state index in [4.69, 9.17) is 0 Å². The van der Waals surface area contributed by atoms with Gasteiger partial charge in [-0.2, -0.15) is 21.6 Å². The summed E-state index contributed by atoms with van der Waals surface area (Å²) >= 11 is 0. The van der Waals surface area contributed by atoms with Gasteiger partial charge in [-0.15, -0.1) is 13.2 Å². The van der Waals surface area contributed by atoms with Crippen LogP contribution in [-0.2, 0) is 10.1 Å². The molecule has 1 heterocycles.